The summed E-state index contributed by atoms with van der Waals surface area (Å²) in [5.74, 6) is -0.0259. The summed E-state index contributed by atoms with van der Waals surface area (Å²) in [4.78, 5) is 11.0. The number of carbonyl (C=O) groups is 1. The molecule has 0 aliphatic rings. The minimum Gasteiger partial charge on any atom is -0.481 e. The van der Waals surface area contributed by atoms with Gasteiger partial charge in [-0.1, -0.05) is 38.1 Å². The molecule has 0 unspecified atom stereocenters. The van der Waals surface area contributed by atoms with E-state index in [0.29, 0.717) is 5.92 Å². The van der Waals surface area contributed by atoms with Crippen LogP contribution in [-0.2, 0) is 17.6 Å². The van der Waals surface area contributed by atoms with Gasteiger partial charge in [-0.3, -0.25) is 4.79 Å². The molecule has 106 valence electrons. The molecule has 1 aromatic carbocycles. The molecule has 0 bridgehead atoms. The maximum atomic E-state index is 11.0. The standard InChI is InChI=1S/C17H26O2/c1-13(2)12-15-9-7-14(8-10-15)6-5-11-17(3,4)16(18)19/h7-10,13H,5-6,11-12H2,1-4H3,(H,18,19). The Labute approximate surface area is 116 Å². The van der Waals surface area contributed by atoms with Gasteiger partial charge in [0.25, 0.3) is 0 Å². The van der Waals surface area contributed by atoms with Crippen molar-refractivity contribution in [3.05, 3.63) is 35.4 Å². The van der Waals surface area contributed by atoms with E-state index in [9.17, 15) is 4.79 Å². The normalized spacial score (nSPS) is 11.8. The minimum absolute atomic E-state index is 0.614. The lowest BCUT2D eigenvalue weighted by Gasteiger charge is -2.18. The number of aryl methyl sites for hydroxylation is 1. The summed E-state index contributed by atoms with van der Waals surface area (Å²) in [6.07, 6.45) is 3.71. The van der Waals surface area contributed by atoms with Crippen LogP contribution in [0.2, 0.25) is 0 Å². The predicted molar refractivity (Wildman–Crippen MR) is 79.3 cm³/mol. The fourth-order valence-corrected chi connectivity index (χ4v) is 2.15. The highest BCUT2D eigenvalue weighted by Gasteiger charge is 2.25. The summed E-state index contributed by atoms with van der Waals surface area (Å²) >= 11 is 0. The lowest BCUT2D eigenvalue weighted by molar-refractivity contribution is -0.147. The van der Waals surface area contributed by atoms with Crippen LogP contribution in [-0.4, -0.2) is 11.1 Å². The van der Waals surface area contributed by atoms with Gasteiger partial charge in [0.05, 0.1) is 5.41 Å². The zero-order valence-corrected chi connectivity index (χ0v) is 12.6. The monoisotopic (exact) mass is 262 g/mol. The highest BCUT2D eigenvalue weighted by Crippen LogP contribution is 2.23. The molecule has 0 amide bonds. The van der Waals surface area contributed by atoms with Crippen LogP contribution in [0.5, 0.6) is 0 Å². The molecule has 2 nitrogen and oxygen atoms in total. The third kappa shape index (κ3) is 5.46. The highest BCUT2D eigenvalue weighted by atomic mass is 16.4. The number of carboxylic acids is 1. The first kappa shape index (κ1) is 15.7. The van der Waals surface area contributed by atoms with Crippen molar-refractivity contribution in [2.24, 2.45) is 11.3 Å². The Balaban J connectivity index is 2.44. The van der Waals surface area contributed by atoms with Crippen LogP contribution in [0.3, 0.4) is 0 Å². The van der Waals surface area contributed by atoms with Gasteiger partial charge in [-0.15, -0.1) is 0 Å². The van der Waals surface area contributed by atoms with Gasteiger partial charge in [-0.2, -0.15) is 0 Å². The van der Waals surface area contributed by atoms with E-state index in [4.69, 9.17) is 5.11 Å². The molecule has 0 heterocycles. The summed E-state index contributed by atoms with van der Waals surface area (Å²) in [5.41, 5.74) is 2.07. The molecule has 0 aliphatic heterocycles. The van der Waals surface area contributed by atoms with Crippen LogP contribution in [0.4, 0.5) is 0 Å². The predicted octanol–water partition coefficient (Wildman–Crippen LogP) is 4.32. The Bertz CT molecular complexity index is 402. The van der Waals surface area contributed by atoms with Crippen LogP contribution in [0.1, 0.15) is 51.7 Å². The summed E-state index contributed by atoms with van der Waals surface area (Å²) < 4.78 is 0. The molecule has 1 rings (SSSR count). The van der Waals surface area contributed by atoms with Gasteiger partial charge in [0.15, 0.2) is 0 Å². The molecule has 0 aliphatic carbocycles. The van der Waals surface area contributed by atoms with Gasteiger partial charge in [0.2, 0.25) is 0 Å². The largest absolute Gasteiger partial charge is 0.481 e. The van der Waals surface area contributed by atoms with Crippen LogP contribution < -0.4 is 0 Å². The molecule has 2 heteroatoms. The molecule has 0 aromatic heterocycles. The van der Waals surface area contributed by atoms with E-state index in [1.54, 1.807) is 13.8 Å². The van der Waals surface area contributed by atoms with Crippen molar-refractivity contribution in [1.82, 2.24) is 0 Å². The first-order chi connectivity index (χ1) is 8.81. The van der Waals surface area contributed by atoms with Gasteiger partial charge in [-0.25, -0.2) is 0 Å². The van der Waals surface area contributed by atoms with Gasteiger partial charge in [0, 0.05) is 0 Å². The van der Waals surface area contributed by atoms with Crippen LogP contribution in [0.15, 0.2) is 24.3 Å². The first-order valence-electron chi connectivity index (χ1n) is 7.12. The van der Waals surface area contributed by atoms with Crippen LogP contribution >= 0.6 is 0 Å². The topological polar surface area (TPSA) is 37.3 Å². The van der Waals surface area contributed by atoms with E-state index in [2.05, 4.69) is 38.1 Å². The third-order valence-electron chi connectivity index (χ3n) is 3.51. The van der Waals surface area contributed by atoms with E-state index in [-0.39, 0.29) is 0 Å². The van der Waals surface area contributed by atoms with E-state index in [0.717, 1.165) is 25.7 Å². The molecule has 0 saturated heterocycles. The van der Waals surface area contributed by atoms with Crippen LogP contribution in [0.25, 0.3) is 0 Å². The Morgan fingerprint density at radius 1 is 1.16 bits per heavy atom. The molecular formula is C17H26O2. The molecule has 0 saturated carbocycles. The lowest BCUT2D eigenvalue weighted by Crippen LogP contribution is -2.23. The average molecular weight is 262 g/mol. The van der Waals surface area contributed by atoms with E-state index < -0.39 is 11.4 Å². The van der Waals surface area contributed by atoms with Crippen molar-refractivity contribution in [2.45, 2.75) is 53.4 Å². The SMILES string of the molecule is CC(C)Cc1ccc(CCCC(C)(C)C(=O)O)cc1. The van der Waals surface area contributed by atoms with Crippen molar-refractivity contribution < 1.29 is 9.90 Å². The van der Waals surface area contributed by atoms with Gasteiger partial charge in [-0.05, 0) is 56.6 Å². The van der Waals surface area contributed by atoms with E-state index >= 15 is 0 Å². The number of aliphatic carboxylic acids is 1. The molecular weight excluding hydrogens is 236 g/mol. The number of hydrogen-bond donors (Lipinski definition) is 1. The summed E-state index contributed by atoms with van der Waals surface area (Å²) in [5, 5.41) is 9.06. The number of carboxylic acid groups (broad SMARTS) is 1. The Morgan fingerprint density at radius 2 is 1.68 bits per heavy atom. The number of rotatable bonds is 7. The van der Waals surface area contributed by atoms with E-state index in [1.807, 2.05) is 0 Å². The van der Waals surface area contributed by atoms with Gasteiger partial charge >= 0.3 is 5.97 Å². The van der Waals surface area contributed by atoms with Crippen LogP contribution in [0, 0.1) is 11.3 Å². The fourth-order valence-electron chi connectivity index (χ4n) is 2.15. The summed E-state index contributed by atoms with van der Waals surface area (Å²) in [6.45, 7) is 8.03. The third-order valence-corrected chi connectivity index (χ3v) is 3.51. The Morgan fingerprint density at radius 3 is 2.16 bits per heavy atom. The molecule has 1 aromatic rings. The number of benzene rings is 1. The van der Waals surface area contributed by atoms with Gasteiger partial charge in [0.1, 0.15) is 0 Å². The summed E-state index contributed by atoms with van der Waals surface area (Å²) in [7, 11) is 0. The Kier molecular flexibility index (Phi) is 5.59. The zero-order chi connectivity index (χ0) is 14.5. The quantitative estimate of drug-likeness (QED) is 0.794. The Hall–Kier alpha value is -1.31. The van der Waals surface area contributed by atoms with Crippen molar-refractivity contribution in [1.29, 1.82) is 0 Å². The van der Waals surface area contributed by atoms with E-state index in [1.165, 1.54) is 11.1 Å². The second kappa shape index (κ2) is 6.74. The lowest BCUT2D eigenvalue weighted by atomic mass is 9.86. The van der Waals surface area contributed by atoms with Crippen molar-refractivity contribution in [2.75, 3.05) is 0 Å². The van der Waals surface area contributed by atoms with Gasteiger partial charge < -0.3 is 5.11 Å². The smallest absolute Gasteiger partial charge is 0.309 e. The fraction of sp³-hybridized carbons (Fsp3) is 0.588. The maximum absolute atomic E-state index is 11.0. The molecule has 1 N–H and O–H groups in total. The minimum atomic E-state index is -0.709. The van der Waals surface area contributed by atoms with Crippen molar-refractivity contribution in [3.8, 4) is 0 Å². The van der Waals surface area contributed by atoms with Crippen molar-refractivity contribution >= 4 is 5.97 Å². The summed E-state index contributed by atoms with van der Waals surface area (Å²) in [6, 6.07) is 8.73. The van der Waals surface area contributed by atoms with Crippen molar-refractivity contribution in [3.63, 3.8) is 0 Å². The first-order valence-corrected chi connectivity index (χ1v) is 7.12. The molecule has 19 heavy (non-hydrogen) atoms. The average Bonchev–Trinajstić information content (AvgIpc) is 2.30. The maximum Gasteiger partial charge on any atom is 0.309 e. The highest BCUT2D eigenvalue weighted by molar-refractivity contribution is 5.73. The molecule has 0 spiro atoms. The molecule has 0 radical (unpaired) electrons. The second-order valence-electron chi connectivity index (χ2n) is 6.46. The zero-order valence-electron chi connectivity index (χ0n) is 12.6. The second-order valence-corrected chi connectivity index (χ2v) is 6.46. The molecule has 0 atom stereocenters. The number of hydrogen-bond acceptors (Lipinski definition) is 1. The molecule has 0 fully saturated rings.